The van der Waals surface area contributed by atoms with E-state index in [-0.39, 0.29) is 11.3 Å². The highest BCUT2D eigenvalue weighted by Crippen LogP contribution is 2.21. The Morgan fingerprint density at radius 3 is 2.62 bits per heavy atom. The molecular weight excluding hydrogens is 306 g/mol. The Labute approximate surface area is 140 Å². The second-order valence-corrected chi connectivity index (χ2v) is 5.10. The zero-order chi connectivity index (χ0) is 17.5. The number of benzene rings is 2. The van der Waals surface area contributed by atoms with Crippen LogP contribution in [0.25, 0.3) is 6.08 Å². The van der Waals surface area contributed by atoms with Gasteiger partial charge in [-0.2, -0.15) is 0 Å². The number of aryl methyl sites for hydroxylation is 1. The molecule has 0 aromatic heterocycles. The number of ether oxygens (including phenoxy) is 1. The molecule has 0 aliphatic heterocycles. The maximum absolute atomic E-state index is 12.0. The van der Waals surface area contributed by atoms with E-state index in [1.165, 1.54) is 12.1 Å². The monoisotopic (exact) mass is 325 g/mol. The summed E-state index contributed by atoms with van der Waals surface area (Å²) >= 11 is 0. The van der Waals surface area contributed by atoms with Crippen LogP contribution in [0.5, 0.6) is 5.75 Å². The maximum atomic E-state index is 12.0. The zero-order valence-electron chi connectivity index (χ0n) is 13.6. The van der Waals surface area contributed by atoms with E-state index in [2.05, 4.69) is 5.32 Å². The molecule has 0 bridgehead atoms. The number of para-hydroxylation sites is 1. The summed E-state index contributed by atoms with van der Waals surface area (Å²) in [5, 5.41) is 11.7. The Hall–Kier alpha value is -3.08. The third kappa shape index (κ3) is 4.23. The highest BCUT2D eigenvalue weighted by Gasteiger charge is 2.10. The Morgan fingerprint density at radius 2 is 1.96 bits per heavy atom. The number of hydrogen-bond acceptors (Lipinski definition) is 3. The molecule has 0 atom stereocenters. The number of nitrogens with one attached hydrogen (secondary N) is 1. The minimum Gasteiger partial charge on any atom is -0.496 e. The molecule has 0 saturated carbocycles. The van der Waals surface area contributed by atoms with Gasteiger partial charge in [-0.15, -0.1) is 0 Å². The van der Waals surface area contributed by atoms with Crippen LogP contribution < -0.4 is 10.1 Å². The van der Waals surface area contributed by atoms with Gasteiger partial charge >= 0.3 is 5.97 Å². The highest BCUT2D eigenvalue weighted by atomic mass is 16.5. The lowest BCUT2D eigenvalue weighted by Crippen LogP contribution is -2.11. The molecule has 24 heavy (non-hydrogen) atoms. The van der Waals surface area contributed by atoms with Crippen LogP contribution in [0.2, 0.25) is 0 Å². The zero-order valence-corrected chi connectivity index (χ0v) is 13.6. The smallest absolute Gasteiger partial charge is 0.337 e. The van der Waals surface area contributed by atoms with Gasteiger partial charge in [0.15, 0.2) is 0 Å². The predicted molar refractivity (Wildman–Crippen MR) is 93.4 cm³/mol. The maximum Gasteiger partial charge on any atom is 0.337 e. The van der Waals surface area contributed by atoms with Gasteiger partial charge < -0.3 is 15.2 Å². The molecular formula is C19H19NO4. The van der Waals surface area contributed by atoms with Crippen molar-refractivity contribution < 1.29 is 19.4 Å². The van der Waals surface area contributed by atoms with Crippen molar-refractivity contribution in [2.45, 2.75) is 13.3 Å². The number of amides is 1. The van der Waals surface area contributed by atoms with Gasteiger partial charge in [-0.1, -0.05) is 31.2 Å². The van der Waals surface area contributed by atoms with Crippen LogP contribution in [0.1, 0.15) is 28.4 Å². The van der Waals surface area contributed by atoms with Crippen LogP contribution in [-0.2, 0) is 11.2 Å². The first-order chi connectivity index (χ1) is 11.5. The molecule has 0 unspecified atom stereocenters. The lowest BCUT2D eigenvalue weighted by atomic mass is 10.1. The minimum atomic E-state index is -1.09. The summed E-state index contributed by atoms with van der Waals surface area (Å²) in [5.41, 5.74) is 2.23. The van der Waals surface area contributed by atoms with Crippen molar-refractivity contribution in [1.29, 1.82) is 0 Å². The molecule has 5 heteroatoms. The van der Waals surface area contributed by atoms with Crippen LogP contribution in [0.4, 0.5) is 5.69 Å². The number of carboxylic acids is 1. The van der Waals surface area contributed by atoms with Gasteiger partial charge in [0.1, 0.15) is 5.75 Å². The second kappa shape index (κ2) is 7.97. The van der Waals surface area contributed by atoms with Gasteiger partial charge in [-0.05, 0) is 41.8 Å². The first-order valence-electron chi connectivity index (χ1n) is 7.53. The Kier molecular flexibility index (Phi) is 5.73. The molecule has 2 rings (SSSR count). The highest BCUT2D eigenvalue weighted by molar-refractivity contribution is 6.06. The fourth-order valence-corrected chi connectivity index (χ4v) is 2.28. The Bertz CT molecular complexity index is 781. The number of carbonyl (C=O) groups is 2. The summed E-state index contributed by atoms with van der Waals surface area (Å²) in [6, 6.07) is 12.0. The molecule has 1 amide bonds. The quantitative estimate of drug-likeness (QED) is 0.796. The van der Waals surface area contributed by atoms with E-state index in [1.54, 1.807) is 31.4 Å². The minimum absolute atomic E-state index is 0.0493. The molecule has 0 radical (unpaired) electrons. The fourth-order valence-electron chi connectivity index (χ4n) is 2.28. The van der Waals surface area contributed by atoms with Crippen LogP contribution in [0, 0.1) is 0 Å². The van der Waals surface area contributed by atoms with Crippen LogP contribution in [0.3, 0.4) is 0 Å². The van der Waals surface area contributed by atoms with Crippen LogP contribution in [-0.4, -0.2) is 24.1 Å². The Balaban J connectivity index is 2.13. The summed E-state index contributed by atoms with van der Waals surface area (Å²) < 4.78 is 5.32. The van der Waals surface area contributed by atoms with Crippen molar-refractivity contribution in [2.24, 2.45) is 0 Å². The molecule has 2 aromatic rings. The van der Waals surface area contributed by atoms with Crippen molar-refractivity contribution in [3.8, 4) is 5.75 Å². The lowest BCUT2D eigenvalue weighted by Gasteiger charge is -2.07. The van der Waals surface area contributed by atoms with E-state index in [1.807, 2.05) is 25.1 Å². The van der Waals surface area contributed by atoms with Crippen molar-refractivity contribution in [1.82, 2.24) is 0 Å². The summed E-state index contributed by atoms with van der Waals surface area (Å²) in [5.74, 6) is -0.715. The molecule has 2 N–H and O–H groups in total. The van der Waals surface area contributed by atoms with Gasteiger partial charge in [0, 0.05) is 6.08 Å². The predicted octanol–water partition coefficient (Wildman–Crippen LogP) is 3.61. The summed E-state index contributed by atoms with van der Waals surface area (Å²) in [6.07, 6.45) is 3.87. The normalized spacial score (nSPS) is 10.6. The van der Waals surface area contributed by atoms with Gasteiger partial charge in [-0.3, -0.25) is 4.79 Å². The number of hydrogen-bond donors (Lipinski definition) is 2. The number of rotatable bonds is 6. The number of anilines is 1. The molecule has 0 spiro atoms. The summed E-state index contributed by atoms with van der Waals surface area (Å²) in [4.78, 5) is 23.1. The SMILES string of the molecule is CCc1ccc(/C=C/C(=O)Nc2ccccc2C(=O)O)cc1OC. The van der Waals surface area contributed by atoms with E-state index in [9.17, 15) is 9.59 Å². The van der Waals surface area contributed by atoms with Gasteiger partial charge in [-0.25, -0.2) is 4.79 Å². The Morgan fingerprint density at radius 1 is 1.21 bits per heavy atom. The lowest BCUT2D eigenvalue weighted by molar-refractivity contribution is -0.111. The average Bonchev–Trinajstić information content (AvgIpc) is 2.59. The van der Waals surface area contributed by atoms with Crippen molar-refractivity contribution in [3.05, 3.63) is 65.2 Å². The standard InChI is InChI=1S/C19H19NO4/c1-3-14-10-8-13(12-17(14)24-2)9-11-18(21)20-16-7-5-4-6-15(16)19(22)23/h4-12H,3H2,1-2H3,(H,20,21)(H,22,23)/b11-9+. The third-order valence-corrected chi connectivity index (χ3v) is 3.53. The third-order valence-electron chi connectivity index (χ3n) is 3.53. The van der Waals surface area contributed by atoms with Crippen LogP contribution >= 0.6 is 0 Å². The molecule has 0 fully saturated rings. The van der Waals surface area contributed by atoms with E-state index in [4.69, 9.17) is 9.84 Å². The van der Waals surface area contributed by atoms with Crippen molar-refractivity contribution in [3.63, 3.8) is 0 Å². The van der Waals surface area contributed by atoms with Crippen molar-refractivity contribution in [2.75, 3.05) is 12.4 Å². The first kappa shape index (κ1) is 17.3. The molecule has 2 aromatic carbocycles. The summed E-state index contributed by atoms with van der Waals surface area (Å²) in [6.45, 7) is 2.04. The molecule has 0 aliphatic carbocycles. The van der Waals surface area contributed by atoms with Gasteiger partial charge in [0.25, 0.3) is 0 Å². The van der Waals surface area contributed by atoms with Crippen LogP contribution in [0.15, 0.2) is 48.5 Å². The van der Waals surface area contributed by atoms with E-state index < -0.39 is 11.9 Å². The topological polar surface area (TPSA) is 75.6 Å². The number of aromatic carboxylic acids is 1. The fraction of sp³-hybridized carbons (Fsp3) is 0.158. The largest absolute Gasteiger partial charge is 0.496 e. The number of carbonyl (C=O) groups excluding carboxylic acids is 1. The number of methoxy groups -OCH3 is 1. The van der Waals surface area contributed by atoms with E-state index in [0.717, 1.165) is 23.3 Å². The molecule has 124 valence electrons. The molecule has 0 aliphatic rings. The van der Waals surface area contributed by atoms with E-state index >= 15 is 0 Å². The van der Waals surface area contributed by atoms with E-state index in [0.29, 0.717) is 0 Å². The summed E-state index contributed by atoms with van der Waals surface area (Å²) in [7, 11) is 1.61. The average molecular weight is 325 g/mol. The van der Waals surface area contributed by atoms with Gasteiger partial charge in [0.05, 0.1) is 18.4 Å². The molecule has 0 saturated heterocycles. The molecule has 0 heterocycles. The number of carboxylic acid groups (broad SMARTS) is 1. The second-order valence-electron chi connectivity index (χ2n) is 5.10. The molecule has 5 nitrogen and oxygen atoms in total. The van der Waals surface area contributed by atoms with Crippen molar-refractivity contribution >= 4 is 23.6 Å². The van der Waals surface area contributed by atoms with Gasteiger partial charge in [0.2, 0.25) is 5.91 Å². The first-order valence-corrected chi connectivity index (χ1v) is 7.53.